The Bertz CT molecular complexity index is 795. The Balaban J connectivity index is 1.77. The van der Waals surface area contributed by atoms with Gasteiger partial charge in [-0.05, 0) is 54.6 Å². The number of nitrogens with zero attached hydrogens (tertiary/aromatic N) is 1. The van der Waals surface area contributed by atoms with Crippen molar-refractivity contribution in [2.24, 2.45) is 0 Å². The van der Waals surface area contributed by atoms with E-state index in [0.717, 1.165) is 5.56 Å². The molecule has 0 fully saturated rings. The number of halogens is 1. The van der Waals surface area contributed by atoms with Crippen LogP contribution in [0.4, 0.5) is 4.39 Å². The molecular formula is C16H11FN2O3. The molecule has 0 aliphatic carbocycles. The van der Waals surface area contributed by atoms with Crippen LogP contribution in [0.1, 0.15) is 10.5 Å². The van der Waals surface area contributed by atoms with Crippen LogP contribution >= 0.6 is 0 Å². The quantitative estimate of drug-likeness (QED) is 0.770. The first-order valence-corrected chi connectivity index (χ1v) is 6.44. The van der Waals surface area contributed by atoms with Crippen LogP contribution in [-0.4, -0.2) is 21.3 Å². The summed E-state index contributed by atoms with van der Waals surface area (Å²) in [7, 11) is 0. The molecular weight excluding hydrogens is 287 g/mol. The summed E-state index contributed by atoms with van der Waals surface area (Å²) in [5.41, 5.74) is 1.32. The number of H-pyrrole nitrogens is 1. The predicted molar refractivity (Wildman–Crippen MR) is 77.5 cm³/mol. The Hall–Kier alpha value is -3.15. The van der Waals surface area contributed by atoms with E-state index in [1.807, 2.05) is 0 Å². The summed E-state index contributed by atoms with van der Waals surface area (Å²) in [6.07, 6.45) is 0. The smallest absolute Gasteiger partial charge is 0.353 e. The average Bonchev–Trinajstić information content (AvgIpc) is 3.00. The molecule has 1 aromatic heterocycles. The molecule has 0 aliphatic rings. The second-order valence-electron chi connectivity index (χ2n) is 4.55. The van der Waals surface area contributed by atoms with Crippen LogP contribution in [0.3, 0.4) is 0 Å². The first-order valence-electron chi connectivity index (χ1n) is 6.44. The molecule has 0 saturated heterocycles. The maximum absolute atomic E-state index is 12.8. The molecule has 0 atom stereocenters. The van der Waals surface area contributed by atoms with Crippen molar-refractivity contribution < 1.29 is 19.0 Å². The van der Waals surface area contributed by atoms with Crippen molar-refractivity contribution in [2.75, 3.05) is 0 Å². The van der Waals surface area contributed by atoms with Gasteiger partial charge in [0.1, 0.15) is 23.0 Å². The maximum atomic E-state index is 12.8. The highest BCUT2D eigenvalue weighted by atomic mass is 19.1. The van der Waals surface area contributed by atoms with E-state index >= 15 is 0 Å². The van der Waals surface area contributed by atoms with Crippen molar-refractivity contribution in [3.05, 3.63) is 66.1 Å². The molecule has 22 heavy (non-hydrogen) atoms. The number of aromatic amines is 1. The number of aromatic carboxylic acids is 1. The lowest BCUT2D eigenvalue weighted by Crippen LogP contribution is -1.95. The fraction of sp³-hybridized carbons (Fsp3) is 0. The second-order valence-corrected chi connectivity index (χ2v) is 4.55. The van der Waals surface area contributed by atoms with Crippen LogP contribution < -0.4 is 4.74 Å². The molecule has 0 radical (unpaired) electrons. The van der Waals surface area contributed by atoms with Crippen LogP contribution in [0.15, 0.2) is 54.6 Å². The highest BCUT2D eigenvalue weighted by Crippen LogP contribution is 2.25. The Morgan fingerprint density at radius 1 is 1.05 bits per heavy atom. The lowest BCUT2D eigenvalue weighted by Gasteiger charge is -2.06. The SMILES string of the molecule is O=C(O)c1cc(-c2ccc(Oc3ccc(F)cc3)cc2)n[nH]1. The molecule has 2 aromatic carbocycles. The maximum Gasteiger partial charge on any atom is 0.353 e. The van der Waals surface area contributed by atoms with E-state index in [9.17, 15) is 9.18 Å². The van der Waals surface area contributed by atoms with E-state index in [4.69, 9.17) is 9.84 Å². The van der Waals surface area contributed by atoms with Crippen LogP contribution in [0, 0.1) is 5.82 Å². The van der Waals surface area contributed by atoms with Gasteiger partial charge < -0.3 is 9.84 Å². The van der Waals surface area contributed by atoms with Gasteiger partial charge in [0.2, 0.25) is 0 Å². The van der Waals surface area contributed by atoms with E-state index in [-0.39, 0.29) is 11.5 Å². The van der Waals surface area contributed by atoms with Crippen molar-refractivity contribution in [3.63, 3.8) is 0 Å². The summed E-state index contributed by atoms with van der Waals surface area (Å²) < 4.78 is 18.4. The Kier molecular flexibility index (Phi) is 3.57. The Labute approximate surface area is 125 Å². The zero-order chi connectivity index (χ0) is 15.5. The summed E-state index contributed by atoms with van der Waals surface area (Å²) in [5, 5.41) is 15.2. The van der Waals surface area contributed by atoms with E-state index in [1.165, 1.54) is 30.3 Å². The van der Waals surface area contributed by atoms with Gasteiger partial charge in [-0.2, -0.15) is 5.10 Å². The van der Waals surface area contributed by atoms with Gasteiger partial charge in [0.15, 0.2) is 0 Å². The highest BCUT2D eigenvalue weighted by Gasteiger charge is 2.09. The minimum atomic E-state index is -1.06. The fourth-order valence-electron chi connectivity index (χ4n) is 1.91. The normalized spacial score (nSPS) is 10.4. The third kappa shape index (κ3) is 2.95. The number of ether oxygens (including phenoxy) is 1. The van der Waals surface area contributed by atoms with E-state index in [1.54, 1.807) is 24.3 Å². The first kappa shape index (κ1) is 13.8. The molecule has 6 heteroatoms. The summed E-state index contributed by atoms with van der Waals surface area (Å²) in [6.45, 7) is 0. The lowest BCUT2D eigenvalue weighted by molar-refractivity contribution is 0.0690. The molecule has 1 heterocycles. The van der Waals surface area contributed by atoms with Crippen LogP contribution in [0.5, 0.6) is 11.5 Å². The molecule has 3 aromatic rings. The van der Waals surface area contributed by atoms with Crippen LogP contribution in [0.2, 0.25) is 0 Å². The molecule has 0 bridgehead atoms. The van der Waals surface area contributed by atoms with Gasteiger partial charge in [-0.1, -0.05) is 0 Å². The number of rotatable bonds is 4. The molecule has 0 spiro atoms. The lowest BCUT2D eigenvalue weighted by atomic mass is 10.1. The number of carboxylic acids is 1. The van der Waals surface area contributed by atoms with Crippen LogP contribution in [0.25, 0.3) is 11.3 Å². The van der Waals surface area contributed by atoms with Crippen LogP contribution in [-0.2, 0) is 0 Å². The van der Waals surface area contributed by atoms with Gasteiger partial charge in [0.25, 0.3) is 0 Å². The van der Waals surface area contributed by atoms with E-state index < -0.39 is 5.97 Å². The average molecular weight is 298 g/mol. The summed E-state index contributed by atoms with van der Waals surface area (Å²) >= 11 is 0. The summed E-state index contributed by atoms with van der Waals surface area (Å²) in [5.74, 6) is -0.267. The molecule has 0 unspecified atom stereocenters. The Morgan fingerprint density at radius 2 is 1.64 bits per heavy atom. The van der Waals surface area contributed by atoms with Gasteiger partial charge in [0, 0.05) is 5.56 Å². The Morgan fingerprint density at radius 3 is 2.18 bits per heavy atom. The number of carboxylic acid groups (broad SMARTS) is 1. The molecule has 2 N–H and O–H groups in total. The zero-order valence-electron chi connectivity index (χ0n) is 11.3. The monoisotopic (exact) mass is 298 g/mol. The van der Waals surface area contributed by atoms with Crippen molar-refractivity contribution in [1.29, 1.82) is 0 Å². The molecule has 5 nitrogen and oxygen atoms in total. The molecule has 0 aliphatic heterocycles. The standard InChI is InChI=1S/C16H11FN2O3/c17-11-3-7-13(8-4-11)22-12-5-1-10(2-6-12)14-9-15(16(20)21)19-18-14/h1-9H,(H,18,19)(H,20,21). The van der Waals surface area contributed by atoms with E-state index in [2.05, 4.69) is 10.2 Å². The second kappa shape index (κ2) is 5.69. The molecule has 110 valence electrons. The number of hydrogen-bond acceptors (Lipinski definition) is 3. The number of aromatic nitrogens is 2. The third-order valence-electron chi connectivity index (χ3n) is 3.01. The van der Waals surface area contributed by atoms with Gasteiger partial charge in [0.05, 0.1) is 5.69 Å². The van der Waals surface area contributed by atoms with Gasteiger partial charge in [-0.3, -0.25) is 5.10 Å². The highest BCUT2D eigenvalue weighted by molar-refractivity contribution is 5.86. The number of benzene rings is 2. The summed E-state index contributed by atoms with van der Waals surface area (Å²) in [6, 6.07) is 14.2. The van der Waals surface area contributed by atoms with E-state index in [0.29, 0.717) is 17.2 Å². The van der Waals surface area contributed by atoms with Gasteiger partial charge in [-0.25, -0.2) is 9.18 Å². The van der Waals surface area contributed by atoms with Gasteiger partial charge >= 0.3 is 5.97 Å². The van der Waals surface area contributed by atoms with Crippen molar-refractivity contribution in [1.82, 2.24) is 10.2 Å². The number of carbonyl (C=O) groups is 1. The van der Waals surface area contributed by atoms with Crippen molar-refractivity contribution >= 4 is 5.97 Å². The minimum absolute atomic E-state index is 0.0293. The minimum Gasteiger partial charge on any atom is -0.477 e. The first-order chi connectivity index (χ1) is 10.6. The van der Waals surface area contributed by atoms with Crippen molar-refractivity contribution in [2.45, 2.75) is 0 Å². The van der Waals surface area contributed by atoms with Gasteiger partial charge in [-0.15, -0.1) is 0 Å². The van der Waals surface area contributed by atoms with Crippen molar-refractivity contribution in [3.8, 4) is 22.8 Å². The number of nitrogens with one attached hydrogen (secondary N) is 1. The molecule has 0 amide bonds. The third-order valence-corrected chi connectivity index (χ3v) is 3.01. The molecule has 3 rings (SSSR count). The summed E-state index contributed by atoms with van der Waals surface area (Å²) in [4.78, 5) is 10.8. The topological polar surface area (TPSA) is 75.2 Å². The largest absolute Gasteiger partial charge is 0.477 e. The molecule has 0 saturated carbocycles. The fourth-order valence-corrected chi connectivity index (χ4v) is 1.91. The predicted octanol–water partition coefficient (Wildman–Crippen LogP) is 3.71. The number of hydrogen-bond donors (Lipinski definition) is 2. The zero-order valence-corrected chi connectivity index (χ0v) is 11.3.